The van der Waals surface area contributed by atoms with Crippen molar-refractivity contribution in [2.24, 2.45) is 10.4 Å². The zero-order chi connectivity index (χ0) is 23.3. The van der Waals surface area contributed by atoms with Crippen LogP contribution in [0.1, 0.15) is 43.9 Å². The minimum Gasteiger partial charge on any atom is -0.497 e. The number of thiazole rings is 1. The number of methoxy groups -OCH3 is 1. The van der Waals surface area contributed by atoms with Gasteiger partial charge in [-0.25, -0.2) is 9.38 Å². The number of Topliss-reactive ketones (excluding diaryl/α,β-unsaturated/α-hetero) is 1. The van der Waals surface area contributed by atoms with Crippen LogP contribution in [0, 0.1) is 11.2 Å². The molecule has 2 aromatic carbocycles. The van der Waals surface area contributed by atoms with E-state index in [1.165, 1.54) is 23.5 Å². The Bertz CT molecular complexity index is 1460. The maximum Gasteiger partial charge on any atom is 0.271 e. The lowest BCUT2D eigenvalue weighted by Gasteiger charge is -2.35. The van der Waals surface area contributed by atoms with Crippen LogP contribution in [-0.4, -0.2) is 17.5 Å². The van der Waals surface area contributed by atoms with Crippen LogP contribution in [0.25, 0.3) is 6.08 Å². The predicted molar refractivity (Wildman–Crippen MR) is 126 cm³/mol. The Morgan fingerprint density at radius 1 is 1.09 bits per heavy atom. The highest BCUT2D eigenvalue weighted by molar-refractivity contribution is 7.07. The first-order valence-electron chi connectivity index (χ1n) is 10.7. The van der Waals surface area contributed by atoms with Crippen LogP contribution in [-0.2, 0) is 4.79 Å². The number of aromatic nitrogens is 1. The van der Waals surface area contributed by atoms with E-state index in [1.807, 2.05) is 30.3 Å². The fraction of sp³-hybridized carbons (Fsp3) is 0.269. The summed E-state index contributed by atoms with van der Waals surface area (Å²) < 4.78 is 21.0. The van der Waals surface area contributed by atoms with E-state index in [9.17, 15) is 14.0 Å². The van der Waals surface area contributed by atoms with Gasteiger partial charge in [0.15, 0.2) is 10.6 Å². The number of carbonyl (C=O) groups excluding carboxylic acids is 1. The van der Waals surface area contributed by atoms with Crippen LogP contribution in [0.15, 0.2) is 69.6 Å². The Morgan fingerprint density at radius 3 is 2.45 bits per heavy atom. The summed E-state index contributed by atoms with van der Waals surface area (Å²) in [5.74, 6) is 0.360. The SMILES string of the molecule is COc1ccc(C=c2sc3n(c2=O)C(c2ccc(F)cc2)C2=C(CC(C)(C)CC2=O)N=3)cc1. The molecule has 0 radical (unpaired) electrons. The third-order valence-corrected chi connectivity index (χ3v) is 7.08. The van der Waals surface area contributed by atoms with Crippen LogP contribution < -0.4 is 19.6 Å². The maximum atomic E-state index is 13.7. The number of ether oxygens (including phenoxy) is 1. The monoisotopic (exact) mass is 462 g/mol. The van der Waals surface area contributed by atoms with Crippen LogP contribution in [0.2, 0.25) is 0 Å². The lowest BCUT2D eigenvalue weighted by Crippen LogP contribution is -2.42. The molecule has 0 bridgehead atoms. The lowest BCUT2D eigenvalue weighted by molar-refractivity contribution is -0.118. The minimum atomic E-state index is -0.613. The molecule has 5 rings (SSSR count). The second-order valence-corrected chi connectivity index (χ2v) is 10.2. The van der Waals surface area contributed by atoms with Gasteiger partial charge in [0, 0.05) is 12.0 Å². The minimum absolute atomic E-state index is 0.0104. The first kappa shape index (κ1) is 21.5. The number of fused-ring (bicyclic) bond motifs is 1. The molecule has 0 spiro atoms. The van der Waals surface area contributed by atoms with E-state index < -0.39 is 6.04 Å². The summed E-state index contributed by atoms with van der Waals surface area (Å²) in [7, 11) is 1.60. The zero-order valence-electron chi connectivity index (χ0n) is 18.6. The van der Waals surface area contributed by atoms with E-state index in [-0.39, 0.29) is 22.6 Å². The number of hydrogen-bond acceptors (Lipinski definition) is 5. The van der Waals surface area contributed by atoms with Crippen LogP contribution in [0.3, 0.4) is 0 Å². The van der Waals surface area contributed by atoms with Gasteiger partial charge < -0.3 is 4.74 Å². The number of benzene rings is 2. The van der Waals surface area contributed by atoms with Gasteiger partial charge in [0.05, 0.1) is 23.4 Å². The number of allylic oxidation sites excluding steroid dienone is 2. The summed E-state index contributed by atoms with van der Waals surface area (Å²) in [6.07, 6.45) is 2.85. The van der Waals surface area contributed by atoms with Crippen molar-refractivity contribution >= 4 is 23.2 Å². The van der Waals surface area contributed by atoms with Gasteiger partial charge in [0.1, 0.15) is 11.6 Å². The van der Waals surface area contributed by atoms with Gasteiger partial charge in [-0.15, -0.1) is 0 Å². The van der Waals surface area contributed by atoms with Gasteiger partial charge in [-0.1, -0.05) is 49.4 Å². The maximum absolute atomic E-state index is 13.7. The summed E-state index contributed by atoms with van der Waals surface area (Å²) >= 11 is 1.30. The van der Waals surface area contributed by atoms with Gasteiger partial charge >= 0.3 is 0 Å². The molecule has 3 aromatic rings. The van der Waals surface area contributed by atoms with Crippen molar-refractivity contribution in [3.05, 3.63) is 96.4 Å². The van der Waals surface area contributed by atoms with E-state index in [1.54, 1.807) is 23.8 Å². The van der Waals surface area contributed by atoms with Gasteiger partial charge in [0.25, 0.3) is 5.56 Å². The Labute approximate surface area is 194 Å². The second-order valence-electron chi connectivity index (χ2n) is 9.21. The Balaban J connectivity index is 1.73. The van der Waals surface area contributed by atoms with Gasteiger partial charge in [-0.3, -0.25) is 14.2 Å². The van der Waals surface area contributed by atoms with E-state index in [0.29, 0.717) is 33.3 Å². The quantitative estimate of drug-likeness (QED) is 0.596. The first-order chi connectivity index (χ1) is 15.8. The molecule has 1 aromatic heterocycles. The summed E-state index contributed by atoms with van der Waals surface area (Å²) in [6, 6.07) is 12.8. The number of halogens is 1. The van der Waals surface area contributed by atoms with Crippen molar-refractivity contribution in [2.75, 3.05) is 7.11 Å². The van der Waals surface area contributed by atoms with E-state index in [4.69, 9.17) is 9.73 Å². The Hall–Kier alpha value is -3.32. The summed E-state index contributed by atoms with van der Waals surface area (Å²) in [5.41, 5.74) is 2.41. The van der Waals surface area contributed by atoms with Crippen molar-refractivity contribution in [3.63, 3.8) is 0 Å². The number of ketones is 1. The topological polar surface area (TPSA) is 60.7 Å². The average Bonchev–Trinajstić information content (AvgIpc) is 3.07. The van der Waals surface area contributed by atoms with E-state index >= 15 is 0 Å². The number of rotatable bonds is 3. The molecule has 168 valence electrons. The number of nitrogens with zero attached hydrogens (tertiary/aromatic N) is 2. The van der Waals surface area contributed by atoms with Gasteiger partial charge in [0.2, 0.25) is 0 Å². The molecule has 1 atom stereocenters. The number of carbonyl (C=O) groups is 1. The van der Waals surface area contributed by atoms with Crippen molar-refractivity contribution in [1.82, 2.24) is 4.57 Å². The molecule has 2 aliphatic rings. The summed E-state index contributed by atoms with van der Waals surface area (Å²) in [6.45, 7) is 4.10. The molecule has 0 N–H and O–H groups in total. The van der Waals surface area contributed by atoms with Crippen LogP contribution in [0.4, 0.5) is 4.39 Å². The molecule has 7 heteroatoms. The van der Waals surface area contributed by atoms with Crippen molar-refractivity contribution in [3.8, 4) is 5.75 Å². The van der Waals surface area contributed by atoms with E-state index in [0.717, 1.165) is 17.0 Å². The molecule has 0 saturated heterocycles. The van der Waals surface area contributed by atoms with E-state index in [2.05, 4.69) is 13.8 Å². The highest BCUT2D eigenvalue weighted by Gasteiger charge is 2.40. The summed E-state index contributed by atoms with van der Waals surface area (Å²) in [4.78, 5) is 32.1. The van der Waals surface area contributed by atoms with Crippen LogP contribution >= 0.6 is 11.3 Å². The standard InChI is InChI=1S/C26H23FN2O3S/c1-26(2)13-19-22(20(30)14-26)23(16-6-8-17(27)9-7-16)29-24(31)21(33-25(29)28-19)12-15-4-10-18(32-3)11-5-15/h4-12,23H,13-14H2,1-3H3. The molecule has 2 heterocycles. The van der Waals surface area contributed by atoms with Crippen molar-refractivity contribution in [1.29, 1.82) is 0 Å². The van der Waals surface area contributed by atoms with Gasteiger partial charge in [-0.05, 0) is 53.3 Å². The average molecular weight is 463 g/mol. The highest BCUT2D eigenvalue weighted by Crippen LogP contribution is 2.43. The second kappa shape index (κ2) is 7.92. The summed E-state index contributed by atoms with van der Waals surface area (Å²) in [5, 5.41) is 0. The molecule has 0 amide bonds. The normalized spacial score (nSPS) is 19.7. The molecular formula is C26H23FN2O3S. The number of hydrogen-bond donors (Lipinski definition) is 0. The molecule has 33 heavy (non-hydrogen) atoms. The predicted octanol–water partition coefficient (Wildman–Crippen LogP) is 3.75. The van der Waals surface area contributed by atoms with Crippen molar-refractivity contribution in [2.45, 2.75) is 32.7 Å². The highest BCUT2D eigenvalue weighted by atomic mass is 32.1. The lowest BCUT2D eigenvalue weighted by atomic mass is 9.73. The Morgan fingerprint density at radius 2 is 1.79 bits per heavy atom. The molecule has 1 aliphatic carbocycles. The third-order valence-electron chi connectivity index (χ3n) is 6.09. The third kappa shape index (κ3) is 3.86. The molecular weight excluding hydrogens is 439 g/mol. The zero-order valence-corrected chi connectivity index (χ0v) is 19.4. The Kier molecular flexibility index (Phi) is 5.16. The fourth-order valence-corrected chi connectivity index (χ4v) is 5.58. The first-order valence-corrected chi connectivity index (χ1v) is 11.5. The molecule has 1 aliphatic heterocycles. The van der Waals surface area contributed by atoms with Gasteiger partial charge in [-0.2, -0.15) is 0 Å². The largest absolute Gasteiger partial charge is 0.497 e. The molecule has 1 unspecified atom stereocenters. The fourth-order valence-electron chi connectivity index (χ4n) is 4.56. The smallest absolute Gasteiger partial charge is 0.271 e. The molecule has 0 saturated carbocycles. The molecule has 5 nitrogen and oxygen atoms in total. The van der Waals surface area contributed by atoms with Crippen molar-refractivity contribution < 1.29 is 13.9 Å². The molecule has 0 fully saturated rings. The van der Waals surface area contributed by atoms with Crippen LogP contribution in [0.5, 0.6) is 5.75 Å².